The SMILES string of the molecule is CCCC1CCC(CCC2CCC3CC(C=O)CCC3C2)CC1. The van der Waals surface area contributed by atoms with Crippen molar-refractivity contribution in [1.82, 2.24) is 0 Å². The highest BCUT2D eigenvalue weighted by atomic mass is 16.1. The molecule has 3 aliphatic rings. The average molecular weight is 319 g/mol. The molecule has 3 saturated carbocycles. The van der Waals surface area contributed by atoms with Crippen molar-refractivity contribution in [1.29, 1.82) is 0 Å². The van der Waals surface area contributed by atoms with Gasteiger partial charge in [0.15, 0.2) is 0 Å². The quantitative estimate of drug-likeness (QED) is 0.517. The van der Waals surface area contributed by atoms with Crippen LogP contribution in [0.5, 0.6) is 0 Å². The molecule has 0 aromatic carbocycles. The molecule has 0 saturated heterocycles. The maximum absolute atomic E-state index is 11.0. The van der Waals surface area contributed by atoms with Crippen molar-refractivity contribution in [3.8, 4) is 0 Å². The standard InChI is InChI=1S/C22H38O/c1-2-3-17-4-6-18(7-5-17)8-9-19-10-12-22-15-20(16-23)11-13-21(22)14-19/h16-22H,2-15H2,1H3. The molecule has 3 aliphatic carbocycles. The lowest BCUT2D eigenvalue weighted by Gasteiger charge is -2.41. The van der Waals surface area contributed by atoms with Gasteiger partial charge in [-0.1, -0.05) is 64.7 Å². The van der Waals surface area contributed by atoms with E-state index in [1.54, 1.807) is 0 Å². The van der Waals surface area contributed by atoms with Gasteiger partial charge in [0.05, 0.1) is 0 Å². The van der Waals surface area contributed by atoms with Crippen LogP contribution in [0.2, 0.25) is 0 Å². The van der Waals surface area contributed by atoms with Gasteiger partial charge in [-0.2, -0.15) is 0 Å². The number of carbonyl (C=O) groups excluding carboxylic acids is 1. The van der Waals surface area contributed by atoms with E-state index in [-0.39, 0.29) is 0 Å². The van der Waals surface area contributed by atoms with Crippen LogP contribution in [-0.4, -0.2) is 6.29 Å². The van der Waals surface area contributed by atoms with Gasteiger partial charge in [0.25, 0.3) is 0 Å². The number of aldehydes is 1. The average Bonchev–Trinajstić information content (AvgIpc) is 2.61. The summed E-state index contributed by atoms with van der Waals surface area (Å²) >= 11 is 0. The Labute approximate surface area is 144 Å². The van der Waals surface area contributed by atoms with E-state index in [1.165, 1.54) is 96.2 Å². The third-order valence-electron chi connectivity index (χ3n) is 7.60. The lowest BCUT2D eigenvalue weighted by atomic mass is 9.64. The van der Waals surface area contributed by atoms with E-state index < -0.39 is 0 Å². The monoisotopic (exact) mass is 318 g/mol. The molecule has 0 bridgehead atoms. The van der Waals surface area contributed by atoms with E-state index in [0.29, 0.717) is 5.92 Å². The lowest BCUT2D eigenvalue weighted by Crippen LogP contribution is -2.31. The van der Waals surface area contributed by atoms with Crippen LogP contribution < -0.4 is 0 Å². The van der Waals surface area contributed by atoms with Crippen molar-refractivity contribution in [3.63, 3.8) is 0 Å². The molecule has 0 N–H and O–H groups in total. The number of fused-ring (bicyclic) bond motifs is 1. The third kappa shape index (κ3) is 4.83. The molecule has 1 heteroatoms. The second-order valence-electron chi connectivity index (χ2n) is 9.16. The van der Waals surface area contributed by atoms with Gasteiger partial charge in [0.1, 0.15) is 6.29 Å². The first-order valence-corrected chi connectivity index (χ1v) is 10.7. The molecule has 132 valence electrons. The topological polar surface area (TPSA) is 17.1 Å². The summed E-state index contributed by atoms with van der Waals surface area (Å²) < 4.78 is 0. The summed E-state index contributed by atoms with van der Waals surface area (Å²) in [6.45, 7) is 2.34. The lowest BCUT2D eigenvalue weighted by molar-refractivity contribution is -0.113. The summed E-state index contributed by atoms with van der Waals surface area (Å²) in [4.78, 5) is 11.0. The first-order chi connectivity index (χ1) is 11.3. The minimum Gasteiger partial charge on any atom is -0.303 e. The Kier molecular flexibility index (Phi) is 6.60. The van der Waals surface area contributed by atoms with Gasteiger partial charge >= 0.3 is 0 Å². The fourth-order valence-electron chi connectivity index (χ4n) is 6.10. The van der Waals surface area contributed by atoms with Crippen LogP contribution in [0.15, 0.2) is 0 Å². The van der Waals surface area contributed by atoms with Gasteiger partial charge in [0.2, 0.25) is 0 Å². The second-order valence-corrected chi connectivity index (χ2v) is 9.16. The number of hydrogen-bond acceptors (Lipinski definition) is 1. The molecule has 1 nitrogen and oxygen atoms in total. The molecule has 3 rings (SSSR count). The van der Waals surface area contributed by atoms with E-state index in [9.17, 15) is 4.79 Å². The summed E-state index contributed by atoms with van der Waals surface area (Å²) in [6, 6.07) is 0. The molecule has 0 aliphatic heterocycles. The normalized spacial score (nSPS) is 41.3. The van der Waals surface area contributed by atoms with Crippen LogP contribution in [0, 0.1) is 35.5 Å². The van der Waals surface area contributed by atoms with Gasteiger partial charge in [-0.15, -0.1) is 0 Å². The Morgan fingerprint density at radius 2 is 1.26 bits per heavy atom. The smallest absolute Gasteiger partial charge is 0.123 e. The van der Waals surface area contributed by atoms with Crippen molar-refractivity contribution in [2.24, 2.45) is 35.5 Å². The second kappa shape index (κ2) is 8.67. The van der Waals surface area contributed by atoms with Crippen LogP contribution in [0.25, 0.3) is 0 Å². The zero-order chi connectivity index (χ0) is 16.1. The number of hydrogen-bond donors (Lipinski definition) is 0. The molecule has 0 aromatic heterocycles. The molecule has 4 atom stereocenters. The maximum atomic E-state index is 11.0. The third-order valence-corrected chi connectivity index (χ3v) is 7.60. The number of carbonyl (C=O) groups is 1. The summed E-state index contributed by atoms with van der Waals surface area (Å²) in [5.74, 6) is 5.36. The van der Waals surface area contributed by atoms with Gasteiger partial charge < -0.3 is 4.79 Å². The summed E-state index contributed by atoms with van der Waals surface area (Å²) in [7, 11) is 0. The van der Waals surface area contributed by atoms with Crippen molar-refractivity contribution in [3.05, 3.63) is 0 Å². The first kappa shape index (κ1) is 17.5. The minimum absolute atomic E-state index is 0.395. The molecule has 0 radical (unpaired) electrons. The van der Waals surface area contributed by atoms with Gasteiger partial charge in [-0.3, -0.25) is 0 Å². The minimum atomic E-state index is 0.395. The fourth-order valence-corrected chi connectivity index (χ4v) is 6.10. The number of rotatable bonds is 6. The highest BCUT2D eigenvalue weighted by molar-refractivity contribution is 5.53. The van der Waals surface area contributed by atoms with Crippen molar-refractivity contribution < 1.29 is 4.79 Å². The van der Waals surface area contributed by atoms with Crippen molar-refractivity contribution in [2.45, 2.75) is 96.8 Å². The van der Waals surface area contributed by atoms with Gasteiger partial charge in [-0.05, 0) is 61.7 Å². The molecule has 23 heavy (non-hydrogen) atoms. The van der Waals surface area contributed by atoms with Crippen molar-refractivity contribution in [2.75, 3.05) is 0 Å². The first-order valence-electron chi connectivity index (χ1n) is 10.7. The molecular weight excluding hydrogens is 280 g/mol. The molecule has 0 spiro atoms. The Morgan fingerprint density at radius 1 is 0.696 bits per heavy atom. The zero-order valence-corrected chi connectivity index (χ0v) is 15.3. The summed E-state index contributed by atoms with van der Waals surface area (Å²) in [6.07, 6.45) is 21.3. The van der Waals surface area contributed by atoms with Crippen LogP contribution in [-0.2, 0) is 4.79 Å². The Hall–Kier alpha value is -0.330. The van der Waals surface area contributed by atoms with Crippen LogP contribution in [0.4, 0.5) is 0 Å². The zero-order valence-electron chi connectivity index (χ0n) is 15.3. The Morgan fingerprint density at radius 3 is 1.96 bits per heavy atom. The predicted octanol–water partition coefficient (Wildman–Crippen LogP) is 6.40. The highest BCUT2D eigenvalue weighted by Gasteiger charge is 2.35. The van der Waals surface area contributed by atoms with E-state index >= 15 is 0 Å². The Bertz CT molecular complexity index is 355. The van der Waals surface area contributed by atoms with E-state index in [1.807, 2.05) is 0 Å². The Balaban J connectivity index is 1.35. The summed E-state index contributed by atoms with van der Waals surface area (Å²) in [5, 5.41) is 0. The largest absolute Gasteiger partial charge is 0.303 e. The van der Waals surface area contributed by atoms with Crippen molar-refractivity contribution >= 4 is 6.29 Å². The fraction of sp³-hybridized carbons (Fsp3) is 0.955. The summed E-state index contributed by atoms with van der Waals surface area (Å²) in [5.41, 5.74) is 0. The van der Waals surface area contributed by atoms with E-state index in [4.69, 9.17) is 0 Å². The predicted molar refractivity (Wildman–Crippen MR) is 97.3 cm³/mol. The maximum Gasteiger partial charge on any atom is 0.123 e. The molecule has 4 unspecified atom stereocenters. The van der Waals surface area contributed by atoms with Gasteiger partial charge in [-0.25, -0.2) is 0 Å². The van der Waals surface area contributed by atoms with Crippen LogP contribution in [0.1, 0.15) is 96.8 Å². The molecule has 0 aromatic rings. The highest BCUT2D eigenvalue weighted by Crippen LogP contribution is 2.46. The van der Waals surface area contributed by atoms with E-state index in [2.05, 4.69) is 6.92 Å². The molecule has 3 fully saturated rings. The molecule has 0 heterocycles. The van der Waals surface area contributed by atoms with E-state index in [0.717, 1.165) is 29.6 Å². The molecule has 0 amide bonds. The van der Waals surface area contributed by atoms with Crippen LogP contribution >= 0.6 is 0 Å². The van der Waals surface area contributed by atoms with Gasteiger partial charge in [0, 0.05) is 5.92 Å². The van der Waals surface area contributed by atoms with Crippen LogP contribution in [0.3, 0.4) is 0 Å². The molecular formula is C22H38O.